The Morgan fingerprint density at radius 3 is 2.87 bits per heavy atom. The smallest absolute Gasteiger partial charge is 0.315 e. The maximum absolute atomic E-state index is 11.8. The number of urea groups is 1. The third kappa shape index (κ3) is 4.24. The molecule has 3 N–H and O–H groups in total. The van der Waals surface area contributed by atoms with Crippen LogP contribution in [0.3, 0.4) is 0 Å². The molecule has 1 unspecified atom stereocenters. The molecule has 1 aromatic heterocycles. The molecule has 3 rings (SSSR count). The van der Waals surface area contributed by atoms with Gasteiger partial charge in [0.25, 0.3) is 0 Å². The lowest BCUT2D eigenvalue weighted by Crippen LogP contribution is -2.44. The number of aliphatic hydroxyl groups is 1. The molecular formula is C17H22N2O4. The van der Waals surface area contributed by atoms with Crippen LogP contribution in [0.2, 0.25) is 0 Å². The molecule has 2 heterocycles. The van der Waals surface area contributed by atoms with Gasteiger partial charge >= 0.3 is 6.03 Å². The summed E-state index contributed by atoms with van der Waals surface area (Å²) in [4.78, 5) is 11.8. The molecule has 2 amide bonds. The van der Waals surface area contributed by atoms with Crippen molar-refractivity contribution in [1.82, 2.24) is 10.6 Å². The van der Waals surface area contributed by atoms with Crippen LogP contribution in [0.25, 0.3) is 11.0 Å². The minimum absolute atomic E-state index is 0.170. The predicted molar refractivity (Wildman–Crippen MR) is 86.2 cm³/mol. The van der Waals surface area contributed by atoms with Gasteiger partial charge in [0.1, 0.15) is 17.4 Å². The zero-order chi connectivity index (χ0) is 16.1. The van der Waals surface area contributed by atoms with E-state index in [0.717, 1.165) is 23.8 Å². The number of benzene rings is 1. The van der Waals surface area contributed by atoms with E-state index in [2.05, 4.69) is 10.6 Å². The number of amides is 2. The van der Waals surface area contributed by atoms with E-state index in [0.29, 0.717) is 31.9 Å². The molecule has 124 valence electrons. The SMILES string of the molecule is O=C(NCCC(O)c1cc2ccccc2o1)NC1CCOCC1. The molecule has 23 heavy (non-hydrogen) atoms. The van der Waals surface area contributed by atoms with Crippen LogP contribution in [0.15, 0.2) is 34.7 Å². The number of carbonyl (C=O) groups is 1. The number of ether oxygens (including phenoxy) is 1. The first-order valence-electron chi connectivity index (χ1n) is 8.01. The summed E-state index contributed by atoms with van der Waals surface area (Å²) in [5, 5.41) is 16.8. The Bertz CT molecular complexity index is 616. The maximum atomic E-state index is 11.8. The molecule has 0 aliphatic carbocycles. The van der Waals surface area contributed by atoms with E-state index >= 15 is 0 Å². The topological polar surface area (TPSA) is 83.7 Å². The Morgan fingerprint density at radius 2 is 2.09 bits per heavy atom. The minimum atomic E-state index is -0.731. The van der Waals surface area contributed by atoms with E-state index in [4.69, 9.17) is 9.15 Å². The van der Waals surface area contributed by atoms with Crippen molar-refractivity contribution in [2.75, 3.05) is 19.8 Å². The summed E-state index contributed by atoms with van der Waals surface area (Å²) in [5.41, 5.74) is 0.756. The molecule has 1 fully saturated rings. The van der Waals surface area contributed by atoms with Gasteiger partial charge in [0.2, 0.25) is 0 Å². The zero-order valence-electron chi connectivity index (χ0n) is 13.0. The molecule has 1 aliphatic rings. The largest absolute Gasteiger partial charge is 0.458 e. The van der Waals surface area contributed by atoms with Crippen molar-refractivity contribution in [2.45, 2.75) is 31.4 Å². The summed E-state index contributed by atoms with van der Waals surface area (Å²) in [6.07, 6.45) is 1.36. The maximum Gasteiger partial charge on any atom is 0.315 e. The van der Waals surface area contributed by atoms with Gasteiger partial charge in [-0.1, -0.05) is 18.2 Å². The quantitative estimate of drug-likeness (QED) is 0.790. The number of nitrogens with one attached hydrogen (secondary N) is 2. The summed E-state index contributed by atoms with van der Waals surface area (Å²) >= 11 is 0. The molecule has 0 radical (unpaired) electrons. The Balaban J connectivity index is 1.43. The molecule has 1 atom stereocenters. The summed E-state index contributed by atoms with van der Waals surface area (Å²) < 4.78 is 10.9. The second kappa shape index (κ2) is 7.48. The monoisotopic (exact) mass is 318 g/mol. The minimum Gasteiger partial charge on any atom is -0.458 e. The van der Waals surface area contributed by atoms with E-state index in [-0.39, 0.29) is 12.1 Å². The molecule has 0 bridgehead atoms. The van der Waals surface area contributed by atoms with Gasteiger partial charge in [-0.25, -0.2) is 4.79 Å². The number of aliphatic hydroxyl groups excluding tert-OH is 1. The molecule has 1 aromatic carbocycles. The van der Waals surface area contributed by atoms with E-state index in [9.17, 15) is 9.90 Å². The molecule has 1 saturated heterocycles. The van der Waals surface area contributed by atoms with Crippen LogP contribution < -0.4 is 10.6 Å². The van der Waals surface area contributed by atoms with Crippen LogP contribution in [0.1, 0.15) is 31.1 Å². The summed E-state index contributed by atoms with van der Waals surface area (Å²) in [6.45, 7) is 1.76. The lowest BCUT2D eigenvalue weighted by atomic mass is 10.1. The van der Waals surface area contributed by atoms with Crippen molar-refractivity contribution in [3.05, 3.63) is 36.1 Å². The Hall–Kier alpha value is -2.05. The molecule has 6 nitrogen and oxygen atoms in total. The van der Waals surface area contributed by atoms with Gasteiger partial charge in [-0.2, -0.15) is 0 Å². The molecule has 2 aromatic rings. The van der Waals surface area contributed by atoms with Crippen molar-refractivity contribution >= 4 is 17.0 Å². The van der Waals surface area contributed by atoms with Gasteiger partial charge in [0.05, 0.1) is 0 Å². The van der Waals surface area contributed by atoms with Crippen LogP contribution in [-0.2, 0) is 4.74 Å². The first kappa shape index (κ1) is 15.8. The van der Waals surface area contributed by atoms with Crippen molar-refractivity contribution in [1.29, 1.82) is 0 Å². The second-order valence-corrected chi connectivity index (χ2v) is 5.78. The van der Waals surface area contributed by atoms with Gasteiger partial charge in [-0.3, -0.25) is 0 Å². The molecule has 1 aliphatic heterocycles. The Morgan fingerprint density at radius 1 is 1.30 bits per heavy atom. The lowest BCUT2D eigenvalue weighted by molar-refractivity contribution is 0.0800. The fourth-order valence-corrected chi connectivity index (χ4v) is 2.71. The van der Waals surface area contributed by atoms with Crippen molar-refractivity contribution in [3.63, 3.8) is 0 Å². The van der Waals surface area contributed by atoms with Crippen molar-refractivity contribution < 1.29 is 19.1 Å². The van der Waals surface area contributed by atoms with Crippen LogP contribution in [0.5, 0.6) is 0 Å². The highest BCUT2D eigenvalue weighted by molar-refractivity contribution is 5.77. The molecule has 0 saturated carbocycles. The van der Waals surface area contributed by atoms with Crippen molar-refractivity contribution in [2.24, 2.45) is 0 Å². The first-order valence-corrected chi connectivity index (χ1v) is 8.01. The highest BCUT2D eigenvalue weighted by Gasteiger charge is 2.17. The average Bonchev–Trinajstić information content (AvgIpc) is 3.00. The standard InChI is InChI=1S/C17H22N2O4/c20-14(16-11-12-3-1-2-4-15(12)23-16)5-8-18-17(21)19-13-6-9-22-10-7-13/h1-4,11,13-14,20H,5-10H2,(H2,18,19,21). The highest BCUT2D eigenvalue weighted by Crippen LogP contribution is 2.25. The number of rotatable bonds is 5. The zero-order valence-corrected chi connectivity index (χ0v) is 13.0. The second-order valence-electron chi connectivity index (χ2n) is 5.78. The summed E-state index contributed by atoms with van der Waals surface area (Å²) in [7, 11) is 0. The van der Waals surface area contributed by atoms with Gasteiger partial charge in [0, 0.05) is 31.2 Å². The fraction of sp³-hybridized carbons (Fsp3) is 0.471. The fourth-order valence-electron chi connectivity index (χ4n) is 2.71. The van der Waals surface area contributed by atoms with Gasteiger partial charge < -0.3 is 24.9 Å². The van der Waals surface area contributed by atoms with Gasteiger partial charge in [-0.05, 0) is 31.4 Å². The van der Waals surface area contributed by atoms with Crippen LogP contribution in [0.4, 0.5) is 4.79 Å². The number of hydrogen-bond acceptors (Lipinski definition) is 4. The lowest BCUT2D eigenvalue weighted by Gasteiger charge is -2.23. The third-order valence-electron chi connectivity index (χ3n) is 4.03. The Labute approximate surface area is 134 Å². The normalized spacial score (nSPS) is 17.1. The number of fused-ring (bicyclic) bond motifs is 1. The number of carbonyl (C=O) groups excluding carboxylic acids is 1. The van der Waals surface area contributed by atoms with E-state index < -0.39 is 6.10 Å². The number of hydrogen-bond donors (Lipinski definition) is 3. The van der Waals surface area contributed by atoms with E-state index in [1.807, 2.05) is 30.3 Å². The Kier molecular flexibility index (Phi) is 5.15. The average molecular weight is 318 g/mol. The molecule has 6 heteroatoms. The molecular weight excluding hydrogens is 296 g/mol. The van der Waals surface area contributed by atoms with E-state index in [1.165, 1.54) is 0 Å². The van der Waals surface area contributed by atoms with Crippen molar-refractivity contribution in [3.8, 4) is 0 Å². The van der Waals surface area contributed by atoms with Gasteiger partial charge in [0.15, 0.2) is 0 Å². The van der Waals surface area contributed by atoms with Crippen LogP contribution >= 0.6 is 0 Å². The predicted octanol–water partition coefficient (Wildman–Crippen LogP) is 2.33. The first-order chi connectivity index (χ1) is 11.2. The van der Waals surface area contributed by atoms with E-state index in [1.54, 1.807) is 0 Å². The van der Waals surface area contributed by atoms with Crippen LogP contribution in [-0.4, -0.2) is 36.9 Å². The summed E-state index contributed by atoms with van der Waals surface area (Å²) in [6, 6.07) is 9.43. The number of para-hydroxylation sites is 1. The third-order valence-corrected chi connectivity index (χ3v) is 4.03. The van der Waals surface area contributed by atoms with Crippen LogP contribution in [0, 0.1) is 0 Å². The van der Waals surface area contributed by atoms with Gasteiger partial charge in [-0.15, -0.1) is 0 Å². The number of furan rings is 1. The molecule has 0 spiro atoms. The highest BCUT2D eigenvalue weighted by atomic mass is 16.5. The summed E-state index contributed by atoms with van der Waals surface area (Å²) in [5.74, 6) is 0.526.